The van der Waals surface area contributed by atoms with Crippen LogP contribution in [0, 0.1) is 5.82 Å². The van der Waals surface area contributed by atoms with Gasteiger partial charge in [-0.05, 0) is 50.0 Å². The molecule has 28 heavy (non-hydrogen) atoms. The van der Waals surface area contributed by atoms with E-state index in [2.05, 4.69) is 40.5 Å². The van der Waals surface area contributed by atoms with Gasteiger partial charge in [0.25, 0.3) is 0 Å². The number of halogens is 1. The van der Waals surface area contributed by atoms with Crippen LogP contribution in [0.5, 0.6) is 0 Å². The predicted octanol–water partition coefficient (Wildman–Crippen LogP) is 4.36. The molecule has 0 saturated carbocycles. The van der Waals surface area contributed by atoms with Gasteiger partial charge in [0.2, 0.25) is 0 Å². The van der Waals surface area contributed by atoms with E-state index in [-0.39, 0.29) is 5.82 Å². The van der Waals surface area contributed by atoms with E-state index < -0.39 is 0 Å². The Labute approximate surface area is 165 Å². The van der Waals surface area contributed by atoms with Gasteiger partial charge in [0.05, 0.1) is 5.69 Å². The second-order valence-corrected chi connectivity index (χ2v) is 7.79. The molecule has 1 N–H and O–H groups in total. The third-order valence-corrected chi connectivity index (χ3v) is 5.99. The smallest absolute Gasteiger partial charge is 0.148 e. The van der Waals surface area contributed by atoms with Crippen molar-refractivity contribution < 1.29 is 4.39 Å². The fourth-order valence-electron chi connectivity index (χ4n) is 4.53. The fraction of sp³-hybridized carbons (Fsp3) is 0.348. The van der Waals surface area contributed by atoms with E-state index in [4.69, 9.17) is 5.10 Å². The summed E-state index contributed by atoms with van der Waals surface area (Å²) in [6, 6.07) is 17.6. The van der Waals surface area contributed by atoms with E-state index in [1.807, 2.05) is 6.07 Å². The van der Waals surface area contributed by atoms with Gasteiger partial charge in [-0.2, -0.15) is 5.10 Å². The molecular weight excluding hydrogens is 351 g/mol. The van der Waals surface area contributed by atoms with Crippen molar-refractivity contribution in [2.45, 2.75) is 31.7 Å². The van der Waals surface area contributed by atoms with Crippen LogP contribution in [0.4, 0.5) is 10.2 Å². The molecule has 5 heteroatoms. The molecule has 3 heterocycles. The maximum atomic E-state index is 14.4. The maximum Gasteiger partial charge on any atom is 0.148 e. The molecule has 0 bridgehead atoms. The van der Waals surface area contributed by atoms with Gasteiger partial charge in [-0.3, -0.25) is 4.90 Å². The topological polar surface area (TPSA) is 33.1 Å². The summed E-state index contributed by atoms with van der Waals surface area (Å²) in [5.74, 6) is 1.20. The van der Waals surface area contributed by atoms with E-state index in [1.165, 1.54) is 22.9 Å². The van der Waals surface area contributed by atoms with Crippen LogP contribution in [-0.4, -0.2) is 34.3 Å². The fourth-order valence-corrected chi connectivity index (χ4v) is 4.53. The first-order valence-corrected chi connectivity index (χ1v) is 10.2. The highest BCUT2D eigenvalue weighted by Gasteiger charge is 2.30. The molecule has 2 aromatic carbocycles. The van der Waals surface area contributed by atoms with Gasteiger partial charge >= 0.3 is 0 Å². The van der Waals surface area contributed by atoms with Crippen molar-refractivity contribution >= 4 is 5.82 Å². The van der Waals surface area contributed by atoms with Crippen LogP contribution in [-0.2, 0) is 13.0 Å². The number of aromatic nitrogens is 2. The molecule has 0 amide bonds. The molecule has 0 aliphatic carbocycles. The Morgan fingerprint density at radius 1 is 1.00 bits per heavy atom. The van der Waals surface area contributed by atoms with E-state index in [9.17, 15) is 4.39 Å². The van der Waals surface area contributed by atoms with Gasteiger partial charge in [-0.25, -0.2) is 9.07 Å². The van der Waals surface area contributed by atoms with Crippen LogP contribution >= 0.6 is 0 Å². The Hall–Kier alpha value is -2.66. The van der Waals surface area contributed by atoms with Crippen molar-refractivity contribution in [3.63, 3.8) is 0 Å². The van der Waals surface area contributed by atoms with Gasteiger partial charge in [-0.15, -0.1) is 0 Å². The Bertz CT molecular complexity index is 958. The van der Waals surface area contributed by atoms with Crippen LogP contribution < -0.4 is 5.32 Å². The Balaban J connectivity index is 1.35. The number of piperidine rings is 1. The molecule has 0 unspecified atom stereocenters. The van der Waals surface area contributed by atoms with Gasteiger partial charge in [0.1, 0.15) is 17.3 Å². The van der Waals surface area contributed by atoms with Crippen molar-refractivity contribution in [3.05, 3.63) is 77.2 Å². The Morgan fingerprint density at radius 3 is 2.54 bits per heavy atom. The lowest BCUT2D eigenvalue weighted by atomic mass is 9.90. The van der Waals surface area contributed by atoms with Crippen molar-refractivity contribution in [1.29, 1.82) is 0 Å². The zero-order chi connectivity index (χ0) is 18.9. The number of fused-ring (bicyclic) bond motifs is 1. The minimum Gasteiger partial charge on any atom is -0.369 e. The van der Waals surface area contributed by atoms with E-state index in [0.29, 0.717) is 11.6 Å². The average molecular weight is 376 g/mol. The van der Waals surface area contributed by atoms with E-state index in [1.54, 1.807) is 16.8 Å². The number of likely N-dealkylation sites (tertiary alicyclic amines) is 1. The lowest BCUT2D eigenvalue weighted by Gasteiger charge is -2.31. The first-order valence-electron chi connectivity index (χ1n) is 10.2. The van der Waals surface area contributed by atoms with Gasteiger partial charge in [0.15, 0.2) is 0 Å². The highest BCUT2D eigenvalue weighted by Crippen LogP contribution is 2.37. The number of nitrogens with one attached hydrogen (secondary N) is 1. The molecule has 5 rings (SSSR count). The summed E-state index contributed by atoms with van der Waals surface area (Å²) in [5, 5.41) is 8.31. The van der Waals surface area contributed by atoms with Crippen LogP contribution in [0.1, 0.15) is 35.6 Å². The normalized spacial score (nSPS) is 17.5. The first kappa shape index (κ1) is 17.4. The van der Waals surface area contributed by atoms with Crippen LogP contribution in [0.3, 0.4) is 0 Å². The minimum absolute atomic E-state index is 0.231. The van der Waals surface area contributed by atoms with Crippen molar-refractivity contribution in [2.24, 2.45) is 0 Å². The number of hydrogen-bond acceptors (Lipinski definition) is 3. The number of hydrogen-bond donors (Lipinski definition) is 1. The molecule has 0 atom stereocenters. The molecule has 1 saturated heterocycles. The van der Waals surface area contributed by atoms with Crippen LogP contribution in [0.15, 0.2) is 54.6 Å². The number of para-hydroxylation sites is 1. The van der Waals surface area contributed by atoms with Gasteiger partial charge < -0.3 is 5.32 Å². The zero-order valence-corrected chi connectivity index (χ0v) is 15.9. The SMILES string of the molecule is Fc1ccccc1-n1nc(C2CCN(Cc3ccccc3)CC2)c2c1NCC2. The number of anilines is 1. The molecule has 3 aromatic rings. The molecular formula is C23H25FN4. The van der Waals surface area contributed by atoms with Crippen molar-refractivity contribution in [3.8, 4) is 5.69 Å². The molecule has 4 nitrogen and oxygen atoms in total. The summed E-state index contributed by atoms with van der Waals surface area (Å²) >= 11 is 0. The Kier molecular flexibility index (Phi) is 4.61. The minimum atomic E-state index is -0.231. The molecule has 144 valence electrons. The predicted molar refractivity (Wildman–Crippen MR) is 109 cm³/mol. The quantitative estimate of drug-likeness (QED) is 0.734. The monoisotopic (exact) mass is 376 g/mol. The van der Waals surface area contributed by atoms with Crippen molar-refractivity contribution in [1.82, 2.24) is 14.7 Å². The van der Waals surface area contributed by atoms with Crippen LogP contribution in [0.25, 0.3) is 5.69 Å². The number of nitrogens with zero attached hydrogens (tertiary/aromatic N) is 3. The largest absolute Gasteiger partial charge is 0.369 e. The summed E-state index contributed by atoms with van der Waals surface area (Å²) in [6.45, 7) is 4.07. The molecule has 1 fully saturated rings. The zero-order valence-electron chi connectivity index (χ0n) is 15.9. The highest BCUT2D eigenvalue weighted by molar-refractivity contribution is 5.58. The van der Waals surface area contributed by atoms with Crippen molar-refractivity contribution in [2.75, 3.05) is 25.0 Å². The van der Waals surface area contributed by atoms with E-state index in [0.717, 1.165) is 51.3 Å². The third-order valence-electron chi connectivity index (χ3n) is 5.99. The second kappa shape index (κ2) is 7.40. The average Bonchev–Trinajstić information content (AvgIpc) is 3.33. The standard InChI is InChI=1S/C23H25FN4/c24-20-8-4-5-9-21(20)28-23-19(10-13-25-23)22(26-28)18-11-14-27(15-12-18)16-17-6-2-1-3-7-17/h1-9,18,25H,10-16H2. The lowest BCUT2D eigenvalue weighted by molar-refractivity contribution is 0.203. The molecule has 0 radical (unpaired) electrons. The molecule has 1 aromatic heterocycles. The molecule has 2 aliphatic heterocycles. The number of rotatable bonds is 4. The summed E-state index contributed by atoms with van der Waals surface area (Å²) in [7, 11) is 0. The summed E-state index contributed by atoms with van der Waals surface area (Å²) in [4.78, 5) is 2.53. The van der Waals surface area contributed by atoms with E-state index >= 15 is 0 Å². The highest BCUT2D eigenvalue weighted by atomic mass is 19.1. The summed E-state index contributed by atoms with van der Waals surface area (Å²) in [5.41, 5.74) is 4.35. The molecule has 0 spiro atoms. The molecule has 2 aliphatic rings. The summed E-state index contributed by atoms with van der Waals surface area (Å²) < 4.78 is 16.1. The summed E-state index contributed by atoms with van der Waals surface area (Å²) in [6.07, 6.45) is 3.18. The maximum absolute atomic E-state index is 14.4. The van der Waals surface area contributed by atoms with Gasteiger partial charge in [0, 0.05) is 24.6 Å². The Morgan fingerprint density at radius 2 is 1.75 bits per heavy atom. The third kappa shape index (κ3) is 3.20. The lowest BCUT2D eigenvalue weighted by Crippen LogP contribution is -2.32. The van der Waals surface area contributed by atoms with Gasteiger partial charge in [-0.1, -0.05) is 42.5 Å². The number of benzene rings is 2. The second-order valence-electron chi connectivity index (χ2n) is 7.79. The first-order chi connectivity index (χ1) is 13.8. The van der Waals surface area contributed by atoms with Crippen LogP contribution in [0.2, 0.25) is 0 Å².